The summed E-state index contributed by atoms with van der Waals surface area (Å²) in [5, 5.41) is 4.06. The summed E-state index contributed by atoms with van der Waals surface area (Å²) in [7, 11) is 0. The third-order valence-electron chi connectivity index (χ3n) is 3.59. The van der Waals surface area contributed by atoms with E-state index in [1.165, 1.54) is 18.9 Å². The molecule has 3 heteroatoms. The average Bonchev–Trinajstić information content (AvgIpc) is 3.15. The third kappa shape index (κ3) is 3.96. The smallest absolute Gasteiger partial charge is 0.127 e. The van der Waals surface area contributed by atoms with Gasteiger partial charge < -0.3 is 5.32 Å². The molecule has 1 N–H and O–H groups in total. The first-order chi connectivity index (χ1) is 8.70. The van der Waals surface area contributed by atoms with Crippen LogP contribution < -0.4 is 5.32 Å². The summed E-state index contributed by atoms with van der Waals surface area (Å²) in [5.74, 6) is 0.638. The van der Waals surface area contributed by atoms with Gasteiger partial charge in [0.05, 0.1) is 0 Å². The second kappa shape index (κ2) is 6.53. The fourth-order valence-corrected chi connectivity index (χ4v) is 2.53. The Bertz CT molecular complexity index is 390. The molecule has 0 bridgehead atoms. The number of halogens is 2. The summed E-state index contributed by atoms with van der Waals surface area (Å²) in [5.41, 5.74) is 0.781. The van der Waals surface area contributed by atoms with Crippen LogP contribution in [0.25, 0.3) is 0 Å². The maximum Gasteiger partial charge on any atom is 0.127 e. The normalized spacial score (nSPS) is 16.8. The van der Waals surface area contributed by atoms with Crippen LogP contribution in [0, 0.1) is 11.7 Å². The lowest BCUT2D eigenvalue weighted by Crippen LogP contribution is -2.32. The van der Waals surface area contributed by atoms with Gasteiger partial charge in [0.2, 0.25) is 0 Å². The Morgan fingerprint density at radius 1 is 1.44 bits per heavy atom. The largest absolute Gasteiger partial charge is 0.314 e. The Hall–Kier alpha value is -0.600. The van der Waals surface area contributed by atoms with E-state index in [-0.39, 0.29) is 5.82 Å². The Labute approximate surface area is 114 Å². The molecule has 0 aromatic heterocycles. The zero-order chi connectivity index (χ0) is 13.0. The number of rotatable bonds is 7. The SMILES string of the molecule is CCCNC(CCc1ccc(Cl)cc1F)C1CC1. The van der Waals surface area contributed by atoms with Gasteiger partial charge in [-0.25, -0.2) is 4.39 Å². The third-order valence-corrected chi connectivity index (χ3v) is 3.82. The van der Waals surface area contributed by atoms with E-state index >= 15 is 0 Å². The monoisotopic (exact) mass is 269 g/mol. The van der Waals surface area contributed by atoms with E-state index in [0.29, 0.717) is 11.1 Å². The highest BCUT2D eigenvalue weighted by atomic mass is 35.5. The second-order valence-corrected chi connectivity index (χ2v) is 5.61. The molecule has 1 fully saturated rings. The summed E-state index contributed by atoms with van der Waals surface area (Å²) < 4.78 is 13.7. The molecular weight excluding hydrogens is 249 g/mol. The molecule has 0 amide bonds. The summed E-state index contributed by atoms with van der Waals surface area (Å²) in [6.45, 7) is 3.24. The van der Waals surface area contributed by atoms with Gasteiger partial charge in [-0.1, -0.05) is 24.6 Å². The van der Waals surface area contributed by atoms with Gasteiger partial charge >= 0.3 is 0 Å². The zero-order valence-corrected chi connectivity index (χ0v) is 11.6. The lowest BCUT2D eigenvalue weighted by Gasteiger charge is -2.18. The van der Waals surface area contributed by atoms with Crippen molar-refractivity contribution in [3.05, 3.63) is 34.6 Å². The molecule has 1 aliphatic carbocycles. The van der Waals surface area contributed by atoms with Gasteiger partial charge in [-0.15, -0.1) is 0 Å². The first kappa shape index (κ1) is 13.8. The number of hydrogen-bond donors (Lipinski definition) is 1. The first-order valence-corrected chi connectivity index (χ1v) is 7.25. The topological polar surface area (TPSA) is 12.0 Å². The van der Waals surface area contributed by atoms with E-state index in [1.807, 2.05) is 0 Å². The molecule has 1 unspecified atom stereocenters. The van der Waals surface area contributed by atoms with Crippen molar-refractivity contribution in [1.29, 1.82) is 0 Å². The molecule has 1 saturated carbocycles. The molecule has 1 nitrogen and oxygen atoms in total. The van der Waals surface area contributed by atoms with Crippen LogP contribution in [-0.4, -0.2) is 12.6 Å². The Morgan fingerprint density at radius 2 is 2.22 bits per heavy atom. The highest BCUT2D eigenvalue weighted by molar-refractivity contribution is 6.30. The van der Waals surface area contributed by atoms with Gasteiger partial charge in [0.15, 0.2) is 0 Å². The second-order valence-electron chi connectivity index (χ2n) is 5.17. The van der Waals surface area contributed by atoms with Gasteiger partial charge in [-0.3, -0.25) is 0 Å². The van der Waals surface area contributed by atoms with Crippen molar-refractivity contribution in [1.82, 2.24) is 5.32 Å². The molecule has 0 aliphatic heterocycles. The van der Waals surface area contributed by atoms with Crippen LogP contribution in [0.4, 0.5) is 4.39 Å². The van der Waals surface area contributed by atoms with Crippen molar-refractivity contribution in [3.63, 3.8) is 0 Å². The van der Waals surface area contributed by atoms with E-state index in [0.717, 1.165) is 37.3 Å². The molecule has 18 heavy (non-hydrogen) atoms. The molecule has 0 radical (unpaired) electrons. The number of nitrogens with one attached hydrogen (secondary N) is 1. The highest BCUT2D eigenvalue weighted by Crippen LogP contribution is 2.34. The Morgan fingerprint density at radius 3 is 2.83 bits per heavy atom. The Balaban J connectivity index is 1.88. The molecule has 100 valence electrons. The molecule has 1 aliphatic rings. The van der Waals surface area contributed by atoms with Crippen LogP contribution in [0.2, 0.25) is 5.02 Å². The van der Waals surface area contributed by atoms with Crippen molar-refractivity contribution < 1.29 is 4.39 Å². The summed E-state index contributed by atoms with van der Waals surface area (Å²) in [6, 6.07) is 5.54. The van der Waals surface area contributed by atoms with E-state index < -0.39 is 0 Å². The van der Waals surface area contributed by atoms with Gasteiger partial charge in [0.1, 0.15) is 5.82 Å². The molecule has 1 aromatic rings. The van der Waals surface area contributed by atoms with Crippen LogP contribution >= 0.6 is 11.6 Å². The predicted octanol–water partition coefficient (Wildman–Crippen LogP) is 4.19. The number of hydrogen-bond acceptors (Lipinski definition) is 1. The van der Waals surface area contributed by atoms with Crippen molar-refractivity contribution in [2.24, 2.45) is 5.92 Å². The maximum atomic E-state index is 13.7. The van der Waals surface area contributed by atoms with Gasteiger partial charge in [0.25, 0.3) is 0 Å². The summed E-state index contributed by atoms with van der Waals surface area (Å²) in [4.78, 5) is 0. The molecular formula is C15H21ClFN. The fourth-order valence-electron chi connectivity index (χ4n) is 2.37. The van der Waals surface area contributed by atoms with Crippen molar-refractivity contribution in [2.45, 2.75) is 45.1 Å². The molecule has 1 aromatic carbocycles. The molecule has 1 atom stereocenters. The molecule has 0 saturated heterocycles. The number of benzene rings is 1. The van der Waals surface area contributed by atoms with Crippen LogP contribution in [0.3, 0.4) is 0 Å². The number of aryl methyl sites for hydroxylation is 1. The average molecular weight is 270 g/mol. The van der Waals surface area contributed by atoms with Crippen molar-refractivity contribution >= 4 is 11.6 Å². The molecule has 0 heterocycles. The minimum atomic E-state index is -0.174. The summed E-state index contributed by atoms with van der Waals surface area (Å²) >= 11 is 5.76. The van der Waals surface area contributed by atoms with Crippen LogP contribution in [0.5, 0.6) is 0 Å². The van der Waals surface area contributed by atoms with Crippen LogP contribution in [0.15, 0.2) is 18.2 Å². The Kier molecular flexibility index (Phi) is 5.02. The van der Waals surface area contributed by atoms with Crippen molar-refractivity contribution in [2.75, 3.05) is 6.54 Å². The highest BCUT2D eigenvalue weighted by Gasteiger charge is 2.30. The van der Waals surface area contributed by atoms with E-state index in [4.69, 9.17) is 11.6 Å². The van der Waals surface area contributed by atoms with Crippen LogP contribution in [0.1, 0.15) is 38.2 Å². The lowest BCUT2D eigenvalue weighted by atomic mass is 10.0. The van der Waals surface area contributed by atoms with Crippen molar-refractivity contribution in [3.8, 4) is 0 Å². The predicted molar refractivity (Wildman–Crippen MR) is 74.5 cm³/mol. The van der Waals surface area contributed by atoms with E-state index in [9.17, 15) is 4.39 Å². The molecule has 2 rings (SSSR count). The summed E-state index contributed by atoms with van der Waals surface area (Å²) in [6.07, 6.45) is 5.61. The quantitative estimate of drug-likeness (QED) is 0.783. The maximum absolute atomic E-state index is 13.7. The zero-order valence-electron chi connectivity index (χ0n) is 10.9. The van der Waals surface area contributed by atoms with E-state index in [1.54, 1.807) is 12.1 Å². The standard InChI is InChI=1S/C15H21ClFN/c1-2-9-18-15(12-3-4-12)8-6-11-5-7-13(16)10-14(11)17/h5,7,10,12,15,18H,2-4,6,8-9H2,1H3. The van der Waals surface area contributed by atoms with Gasteiger partial charge in [0, 0.05) is 11.1 Å². The molecule has 0 spiro atoms. The first-order valence-electron chi connectivity index (χ1n) is 6.88. The van der Waals surface area contributed by atoms with Gasteiger partial charge in [-0.05, 0) is 62.3 Å². The fraction of sp³-hybridized carbons (Fsp3) is 0.600. The minimum absolute atomic E-state index is 0.174. The van der Waals surface area contributed by atoms with Crippen LogP contribution in [-0.2, 0) is 6.42 Å². The lowest BCUT2D eigenvalue weighted by molar-refractivity contribution is 0.432. The van der Waals surface area contributed by atoms with E-state index in [2.05, 4.69) is 12.2 Å². The minimum Gasteiger partial charge on any atom is -0.314 e. The van der Waals surface area contributed by atoms with Gasteiger partial charge in [-0.2, -0.15) is 0 Å².